The third-order valence-electron chi connectivity index (χ3n) is 9.73. The number of rotatable bonds is 16. The van der Waals surface area contributed by atoms with E-state index in [9.17, 15) is 10.2 Å². The van der Waals surface area contributed by atoms with E-state index in [-0.39, 0.29) is 18.1 Å². The zero-order chi connectivity index (χ0) is 27.3. The molecule has 3 aliphatic carbocycles. The van der Waals surface area contributed by atoms with Crippen LogP contribution in [-0.4, -0.2) is 60.2 Å². The van der Waals surface area contributed by atoms with Crippen molar-refractivity contribution in [2.24, 2.45) is 23.7 Å². The minimum atomic E-state index is -0.911. The molecule has 0 heterocycles. The molecule has 0 aromatic heterocycles. The van der Waals surface area contributed by atoms with Crippen LogP contribution >= 0.6 is 0 Å². The molecule has 0 aliphatic heterocycles. The molecule has 5 atom stereocenters. The largest absolute Gasteiger partial charge is 0.377 e. The Balaban J connectivity index is 1.45. The first-order chi connectivity index (χ1) is 18.3. The summed E-state index contributed by atoms with van der Waals surface area (Å²) < 4.78 is 11.9. The minimum Gasteiger partial charge on any atom is -0.377 e. The first-order valence-corrected chi connectivity index (χ1v) is 16.4. The highest BCUT2D eigenvalue weighted by Gasteiger charge is 2.32. The summed E-state index contributed by atoms with van der Waals surface area (Å²) in [4.78, 5) is 0. The quantitative estimate of drug-likeness (QED) is 0.177. The van der Waals surface area contributed by atoms with Crippen LogP contribution in [0.4, 0.5) is 0 Å². The van der Waals surface area contributed by atoms with E-state index >= 15 is 0 Å². The van der Waals surface area contributed by atoms with Crippen molar-refractivity contribution < 1.29 is 19.7 Å². The first kappa shape index (κ1) is 32.3. The van der Waals surface area contributed by atoms with Crippen LogP contribution in [0.5, 0.6) is 0 Å². The summed E-state index contributed by atoms with van der Waals surface area (Å²) >= 11 is 0. The summed E-state index contributed by atoms with van der Waals surface area (Å²) in [6.07, 6.45) is 19.0. The molecule has 0 bridgehead atoms. The Labute approximate surface area is 234 Å². The van der Waals surface area contributed by atoms with Crippen LogP contribution in [0.1, 0.15) is 130 Å². The van der Waals surface area contributed by atoms with Crippen LogP contribution in [0.15, 0.2) is 0 Å². The summed E-state index contributed by atoms with van der Waals surface area (Å²) in [6.45, 7) is 9.41. The summed E-state index contributed by atoms with van der Waals surface area (Å²) in [6, 6.07) is 0.703. The molecule has 4 N–H and O–H groups in total. The van der Waals surface area contributed by atoms with Gasteiger partial charge in [-0.25, -0.2) is 0 Å². The van der Waals surface area contributed by atoms with Gasteiger partial charge in [-0.1, -0.05) is 71.1 Å². The molecule has 6 nitrogen and oxygen atoms in total. The molecule has 0 aromatic rings. The van der Waals surface area contributed by atoms with E-state index in [2.05, 4.69) is 31.4 Å². The van der Waals surface area contributed by atoms with Gasteiger partial charge in [-0.3, -0.25) is 5.32 Å². The number of aliphatic hydroxyl groups excluding tert-OH is 2. The summed E-state index contributed by atoms with van der Waals surface area (Å²) in [7, 11) is 0. The molecule has 0 spiro atoms. The van der Waals surface area contributed by atoms with Crippen LogP contribution in [0, 0.1) is 23.7 Å². The van der Waals surface area contributed by atoms with E-state index in [0.29, 0.717) is 18.6 Å². The molecule has 0 amide bonds. The van der Waals surface area contributed by atoms with Crippen molar-refractivity contribution in [2.75, 3.05) is 13.2 Å². The molecule has 0 saturated heterocycles. The van der Waals surface area contributed by atoms with E-state index < -0.39 is 18.6 Å². The lowest BCUT2D eigenvalue weighted by Crippen LogP contribution is -2.52. The van der Waals surface area contributed by atoms with E-state index in [4.69, 9.17) is 9.47 Å². The second-order valence-corrected chi connectivity index (χ2v) is 13.4. The predicted molar refractivity (Wildman–Crippen MR) is 156 cm³/mol. The molecular formula is C32H62N2O4. The fourth-order valence-electron chi connectivity index (χ4n) is 7.48. The fourth-order valence-corrected chi connectivity index (χ4v) is 7.48. The molecule has 0 radical (unpaired) electrons. The predicted octanol–water partition coefficient (Wildman–Crippen LogP) is 6.14. The third kappa shape index (κ3) is 11.7. The highest BCUT2D eigenvalue weighted by atomic mass is 16.6. The molecule has 6 heteroatoms. The van der Waals surface area contributed by atoms with Crippen LogP contribution in [-0.2, 0) is 9.47 Å². The van der Waals surface area contributed by atoms with Gasteiger partial charge < -0.3 is 25.0 Å². The van der Waals surface area contributed by atoms with E-state index in [0.717, 1.165) is 31.2 Å². The Morgan fingerprint density at radius 2 is 1.37 bits per heavy atom. The average molecular weight is 539 g/mol. The van der Waals surface area contributed by atoms with Gasteiger partial charge in [-0.2, -0.15) is 0 Å². The molecule has 38 heavy (non-hydrogen) atoms. The van der Waals surface area contributed by atoms with Crippen LogP contribution in [0.2, 0.25) is 0 Å². The van der Waals surface area contributed by atoms with Gasteiger partial charge >= 0.3 is 0 Å². The van der Waals surface area contributed by atoms with Crippen molar-refractivity contribution in [3.05, 3.63) is 0 Å². The summed E-state index contributed by atoms with van der Waals surface area (Å²) in [5, 5.41) is 28.6. The average Bonchev–Trinajstić information content (AvgIpc) is 2.91. The second-order valence-electron chi connectivity index (χ2n) is 13.4. The van der Waals surface area contributed by atoms with Gasteiger partial charge in [-0.15, -0.1) is 0 Å². The lowest BCUT2D eigenvalue weighted by Gasteiger charge is -2.37. The van der Waals surface area contributed by atoms with Crippen LogP contribution in [0.3, 0.4) is 0 Å². The number of hydrogen-bond donors (Lipinski definition) is 4. The van der Waals surface area contributed by atoms with Gasteiger partial charge in [0.05, 0.1) is 12.7 Å². The summed E-state index contributed by atoms with van der Waals surface area (Å²) in [5.41, 5.74) is 0. The second kappa shape index (κ2) is 17.5. The lowest BCUT2D eigenvalue weighted by atomic mass is 9.72. The number of aliphatic hydroxyl groups is 2. The van der Waals surface area contributed by atoms with Crippen molar-refractivity contribution >= 4 is 0 Å². The first-order valence-electron chi connectivity index (χ1n) is 16.4. The van der Waals surface area contributed by atoms with Crippen molar-refractivity contribution in [1.82, 2.24) is 10.6 Å². The van der Waals surface area contributed by atoms with Gasteiger partial charge in [0.15, 0.2) is 6.29 Å². The van der Waals surface area contributed by atoms with Crippen molar-refractivity contribution in [1.29, 1.82) is 0 Å². The SMILES string of the molecule is CC(C)OC[C@H](CC1CCCCC1)NC(O)C(OC(C)O)C(C)CCNC1CCC(C2CCCCC2)CC1. The fraction of sp³-hybridized carbons (Fsp3) is 1.00. The molecule has 3 rings (SSSR count). The molecule has 4 unspecified atom stereocenters. The van der Waals surface area contributed by atoms with Crippen LogP contribution in [0.25, 0.3) is 0 Å². The molecule has 0 aromatic carbocycles. The van der Waals surface area contributed by atoms with Gasteiger partial charge in [0.1, 0.15) is 12.3 Å². The lowest BCUT2D eigenvalue weighted by molar-refractivity contribution is -0.179. The van der Waals surface area contributed by atoms with E-state index in [1.807, 2.05) is 0 Å². The van der Waals surface area contributed by atoms with Crippen molar-refractivity contribution in [3.8, 4) is 0 Å². The van der Waals surface area contributed by atoms with Gasteiger partial charge in [0.25, 0.3) is 0 Å². The molecule has 3 saturated carbocycles. The Morgan fingerprint density at radius 3 is 1.97 bits per heavy atom. The summed E-state index contributed by atoms with van der Waals surface area (Å²) in [5.74, 6) is 2.75. The highest BCUT2D eigenvalue weighted by Crippen LogP contribution is 2.38. The Morgan fingerprint density at radius 1 is 0.763 bits per heavy atom. The number of ether oxygens (including phenoxy) is 2. The Kier molecular flexibility index (Phi) is 14.9. The van der Waals surface area contributed by atoms with Crippen molar-refractivity contribution in [2.45, 2.75) is 167 Å². The zero-order valence-corrected chi connectivity index (χ0v) is 25.2. The van der Waals surface area contributed by atoms with E-state index in [1.54, 1.807) is 6.92 Å². The molecular weight excluding hydrogens is 476 g/mol. The maximum atomic E-state index is 11.3. The van der Waals surface area contributed by atoms with Crippen LogP contribution < -0.4 is 10.6 Å². The normalized spacial score (nSPS) is 28.2. The maximum absolute atomic E-state index is 11.3. The molecule has 224 valence electrons. The van der Waals surface area contributed by atoms with Gasteiger partial charge in [0.2, 0.25) is 0 Å². The standard InChI is InChI=1S/C32H62N2O4/c1-23(2)37-22-30(21-26-11-7-5-8-12-26)34-32(36)31(38-25(4)35)24(3)19-20-33-29-17-15-28(16-18-29)27-13-9-6-10-14-27/h23-36H,5-22H2,1-4H3/t24?,25?,28?,29?,30-,31?,32?/m0/s1. The number of hydrogen-bond acceptors (Lipinski definition) is 6. The minimum absolute atomic E-state index is 0.0836. The third-order valence-corrected chi connectivity index (χ3v) is 9.73. The monoisotopic (exact) mass is 538 g/mol. The molecule has 3 fully saturated rings. The van der Waals surface area contributed by atoms with E-state index in [1.165, 1.54) is 89.9 Å². The Bertz CT molecular complexity index is 598. The van der Waals surface area contributed by atoms with Gasteiger partial charge in [-0.05, 0) is 89.5 Å². The topological polar surface area (TPSA) is 83.0 Å². The zero-order valence-electron chi connectivity index (χ0n) is 25.2. The van der Waals surface area contributed by atoms with Crippen molar-refractivity contribution in [3.63, 3.8) is 0 Å². The Hall–Kier alpha value is -0.240. The van der Waals surface area contributed by atoms with Gasteiger partial charge in [0, 0.05) is 12.1 Å². The smallest absolute Gasteiger partial charge is 0.152 e. The number of nitrogens with one attached hydrogen (secondary N) is 2. The molecule has 3 aliphatic rings. The highest BCUT2D eigenvalue weighted by molar-refractivity contribution is 4.84. The maximum Gasteiger partial charge on any atom is 0.152 e.